The van der Waals surface area contributed by atoms with Crippen molar-refractivity contribution in [1.29, 1.82) is 0 Å². The van der Waals surface area contributed by atoms with E-state index in [-0.39, 0.29) is 4.90 Å². The lowest BCUT2D eigenvalue weighted by molar-refractivity contribution is -0.117. The Morgan fingerprint density at radius 2 is 1.67 bits per heavy atom. The van der Waals surface area contributed by atoms with E-state index < -0.39 is 27.6 Å². The Kier molecular flexibility index (Phi) is 4.89. The summed E-state index contributed by atoms with van der Waals surface area (Å²) in [5.74, 6) is -1.31. The van der Waals surface area contributed by atoms with Crippen LogP contribution in [0.1, 0.15) is 34.6 Å². The Morgan fingerprint density at radius 3 is 2.30 bits per heavy atom. The zero-order valence-corrected chi connectivity index (χ0v) is 16.1. The number of fused-ring (bicyclic) bond motifs is 1. The van der Waals surface area contributed by atoms with Gasteiger partial charge in [-0.05, 0) is 37.6 Å². The van der Waals surface area contributed by atoms with Crippen LogP contribution >= 0.6 is 0 Å². The number of Topliss-reactive ketones (excluding diaryl/α,β-unsaturated/α-hetero) is 1. The van der Waals surface area contributed by atoms with Gasteiger partial charge in [-0.15, -0.1) is 0 Å². The van der Waals surface area contributed by atoms with E-state index in [0.717, 1.165) is 11.8 Å². The third-order valence-electron chi connectivity index (χ3n) is 4.48. The number of H-pyrrole nitrogens is 1. The summed E-state index contributed by atoms with van der Waals surface area (Å²) < 4.78 is 23.1. The molecule has 1 atom stereocenters. The second-order valence-electron chi connectivity index (χ2n) is 6.54. The van der Waals surface area contributed by atoms with Gasteiger partial charge in [0.15, 0.2) is 9.84 Å². The number of carbonyl (C=O) groups is 2. The van der Waals surface area contributed by atoms with Crippen LogP contribution in [0.15, 0.2) is 53.4 Å². The average Bonchev–Trinajstić information content (AvgIpc) is 2.96. The normalized spacial score (nSPS) is 12.7. The Hall–Kier alpha value is -2.93. The van der Waals surface area contributed by atoms with Gasteiger partial charge in [-0.2, -0.15) is 0 Å². The van der Waals surface area contributed by atoms with Crippen molar-refractivity contribution in [2.45, 2.75) is 24.8 Å². The summed E-state index contributed by atoms with van der Waals surface area (Å²) in [6.45, 7) is 3.50. The van der Waals surface area contributed by atoms with Gasteiger partial charge < -0.3 is 10.3 Å². The molecule has 2 N–H and O–H groups in total. The minimum absolute atomic E-state index is 0.204. The van der Waals surface area contributed by atoms with Gasteiger partial charge in [0.2, 0.25) is 0 Å². The molecule has 140 valence electrons. The SMILES string of the molecule is Cc1[nH]c2ccccc2c1C(=O)C(=O)N[C@H](C)c1ccc(S(C)(=O)=O)cc1. The second-order valence-corrected chi connectivity index (χ2v) is 8.55. The van der Waals surface area contributed by atoms with Crippen LogP contribution in [-0.2, 0) is 14.6 Å². The maximum Gasteiger partial charge on any atom is 0.292 e. The number of benzene rings is 2. The molecule has 0 fully saturated rings. The first-order chi connectivity index (χ1) is 12.7. The third-order valence-corrected chi connectivity index (χ3v) is 5.61. The molecule has 0 aliphatic carbocycles. The summed E-state index contributed by atoms with van der Waals surface area (Å²) in [5, 5.41) is 3.39. The fourth-order valence-electron chi connectivity index (χ4n) is 3.03. The quantitative estimate of drug-likeness (QED) is 0.522. The standard InChI is InChI=1S/C20H20N2O4S/c1-12(14-8-10-15(11-9-14)27(3,25)26)22-20(24)19(23)18-13(2)21-17-7-5-4-6-16(17)18/h4-12,21H,1-3H3,(H,22,24)/t12-/m1/s1. The molecule has 3 rings (SSSR count). The van der Waals surface area contributed by atoms with Crippen molar-refractivity contribution in [3.8, 4) is 0 Å². The molecule has 1 amide bonds. The summed E-state index contributed by atoms with van der Waals surface area (Å²) in [7, 11) is -3.28. The van der Waals surface area contributed by atoms with Gasteiger partial charge in [0.05, 0.1) is 16.5 Å². The molecule has 3 aromatic rings. The van der Waals surface area contributed by atoms with Crippen molar-refractivity contribution in [1.82, 2.24) is 10.3 Å². The lowest BCUT2D eigenvalue weighted by atomic mass is 10.0. The molecule has 0 aliphatic rings. The van der Waals surface area contributed by atoms with Crippen molar-refractivity contribution in [2.75, 3.05) is 6.26 Å². The molecule has 27 heavy (non-hydrogen) atoms. The first kappa shape index (κ1) is 18.8. The monoisotopic (exact) mass is 384 g/mol. The van der Waals surface area contributed by atoms with Gasteiger partial charge in [-0.25, -0.2) is 8.42 Å². The Labute approximate surface area is 157 Å². The number of para-hydroxylation sites is 1. The number of ketones is 1. The molecule has 0 aliphatic heterocycles. The number of carbonyl (C=O) groups excluding carboxylic acids is 2. The molecule has 0 radical (unpaired) electrons. The third kappa shape index (κ3) is 3.78. The van der Waals surface area contributed by atoms with Crippen LogP contribution in [-0.4, -0.2) is 31.3 Å². The predicted molar refractivity (Wildman–Crippen MR) is 103 cm³/mol. The highest BCUT2D eigenvalue weighted by atomic mass is 32.2. The fraction of sp³-hybridized carbons (Fsp3) is 0.200. The van der Waals surface area contributed by atoms with Gasteiger partial charge in [-0.1, -0.05) is 30.3 Å². The smallest absolute Gasteiger partial charge is 0.292 e. The van der Waals surface area contributed by atoms with E-state index in [4.69, 9.17) is 0 Å². The number of aromatic amines is 1. The predicted octanol–water partition coefficient (Wildman–Crippen LogP) is 2.94. The molecular weight excluding hydrogens is 364 g/mol. The minimum atomic E-state index is -3.28. The molecule has 0 saturated carbocycles. The molecule has 0 saturated heterocycles. The number of amides is 1. The number of aromatic nitrogens is 1. The summed E-state index contributed by atoms with van der Waals surface area (Å²) in [6.07, 6.45) is 1.13. The van der Waals surface area contributed by atoms with Crippen molar-refractivity contribution in [3.63, 3.8) is 0 Å². The van der Waals surface area contributed by atoms with Gasteiger partial charge in [0, 0.05) is 22.9 Å². The largest absolute Gasteiger partial charge is 0.358 e. The van der Waals surface area contributed by atoms with Crippen molar-refractivity contribution in [2.24, 2.45) is 0 Å². The van der Waals surface area contributed by atoms with Crippen LogP contribution in [0.5, 0.6) is 0 Å². The van der Waals surface area contributed by atoms with Gasteiger partial charge >= 0.3 is 0 Å². The van der Waals surface area contributed by atoms with Crippen LogP contribution < -0.4 is 5.32 Å². The zero-order valence-electron chi connectivity index (χ0n) is 15.2. The number of rotatable bonds is 5. The zero-order chi connectivity index (χ0) is 19.8. The van der Waals surface area contributed by atoms with Crippen molar-refractivity contribution in [3.05, 3.63) is 65.4 Å². The maximum absolute atomic E-state index is 12.7. The number of nitrogens with one attached hydrogen (secondary N) is 2. The fourth-order valence-corrected chi connectivity index (χ4v) is 3.66. The highest BCUT2D eigenvalue weighted by Crippen LogP contribution is 2.23. The number of hydrogen-bond donors (Lipinski definition) is 2. The maximum atomic E-state index is 12.7. The molecule has 6 nitrogen and oxygen atoms in total. The first-order valence-corrected chi connectivity index (χ1v) is 10.3. The van der Waals surface area contributed by atoms with E-state index in [1.165, 1.54) is 12.1 Å². The lowest BCUT2D eigenvalue weighted by Gasteiger charge is -2.14. The summed E-state index contributed by atoms with van der Waals surface area (Å²) in [5.41, 5.74) is 2.51. The number of aryl methyl sites for hydroxylation is 1. The van der Waals surface area contributed by atoms with Crippen LogP contribution in [0.4, 0.5) is 0 Å². The Bertz CT molecular complexity index is 1130. The molecule has 0 spiro atoms. The van der Waals surface area contributed by atoms with E-state index in [9.17, 15) is 18.0 Å². The second kappa shape index (κ2) is 7.00. The van der Waals surface area contributed by atoms with Gasteiger partial charge in [0.25, 0.3) is 11.7 Å². The Balaban J connectivity index is 1.80. The molecule has 0 bridgehead atoms. The number of hydrogen-bond acceptors (Lipinski definition) is 4. The van der Waals surface area contributed by atoms with Gasteiger partial charge in [0.1, 0.15) is 0 Å². The molecule has 1 heterocycles. The molecule has 7 heteroatoms. The molecule has 2 aromatic carbocycles. The summed E-state index contributed by atoms with van der Waals surface area (Å²) in [6, 6.07) is 13.1. The van der Waals surface area contributed by atoms with Crippen molar-refractivity contribution < 1.29 is 18.0 Å². The van der Waals surface area contributed by atoms with Crippen LogP contribution in [0, 0.1) is 6.92 Å². The Morgan fingerprint density at radius 1 is 1.04 bits per heavy atom. The van der Waals surface area contributed by atoms with Crippen LogP contribution in [0.25, 0.3) is 10.9 Å². The summed E-state index contributed by atoms with van der Waals surface area (Å²) >= 11 is 0. The van der Waals surface area contributed by atoms with E-state index in [1.807, 2.05) is 18.2 Å². The molecular formula is C20H20N2O4S. The minimum Gasteiger partial charge on any atom is -0.358 e. The summed E-state index contributed by atoms with van der Waals surface area (Å²) in [4.78, 5) is 28.5. The topological polar surface area (TPSA) is 96.1 Å². The highest BCUT2D eigenvalue weighted by molar-refractivity contribution is 7.90. The van der Waals surface area contributed by atoms with Crippen LogP contribution in [0.2, 0.25) is 0 Å². The first-order valence-electron chi connectivity index (χ1n) is 8.41. The molecule has 1 aromatic heterocycles. The average molecular weight is 384 g/mol. The van der Waals surface area contributed by atoms with E-state index in [0.29, 0.717) is 22.2 Å². The number of sulfone groups is 1. The van der Waals surface area contributed by atoms with Crippen molar-refractivity contribution >= 4 is 32.4 Å². The van der Waals surface area contributed by atoms with E-state index >= 15 is 0 Å². The van der Waals surface area contributed by atoms with Gasteiger partial charge in [-0.3, -0.25) is 9.59 Å². The molecule has 0 unspecified atom stereocenters. The van der Waals surface area contributed by atoms with E-state index in [1.54, 1.807) is 32.0 Å². The van der Waals surface area contributed by atoms with E-state index in [2.05, 4.69) is 10.3 Å². The highest BCUT2D eigenvalue weighted by Gasteiger charge is 2.24. The lowest BCUT2D eigenvalue weighted by Crippen LogP contribution is -2.33. The van der Waals surface area contributed by atoms with Crippen LogP contribution in [0.3, 0.4) is 0 Å².